The van der Waals surface area contributed by atoms with Crippen molar-refractivity contribution in [2.24, 2.45) is 5.92 Å². The molecule has 4 heterocycles. The normalized spacial score (nSPS) is 16.2. The van der Waals surface area contributed by atoms with Crippen LogP contribution in [-0.2, 0) is 16.1 Å². The van der Waals surface area contributed by atoms with Gasteiger partial charge in [0.15, 0.2) is 5.82 Å². The molecule has 2 aliphatic heterocycles. The minimum Gasteiger partial charge on any atom is -0.444 e. The summed E-state index contributed by atoms with van der Waals surface area (Å²) in [6.07, 6.45) is 5.97. The van der Waals surface area contributed by atoms with Crippen LogP contribution in [0.3, 0.4) is 0 Å². The number of amides is 2. The Bertz CT molecular complexity index is 1730. The number of fused-ring (bicyclic) bond motifs is 5. The summed E-state index contributed by atoms with van der Waals surface area (Å²) in [5.41, 5.74) is 5.21. The Morgan fingerprint density at radius 2 is 1.83 bits per heavy atom. The number of nitrogens with zero attached hydrogens (tertiary/aromatic N) is 5. The average Bonchev–Trinajstić information content (AvgIpc) is 3.64. The van der Waals surface area contributed by atoms with Gasteiger partial charge >= 0.3 is 6.09 Å². The molecular formula is C33H34N6O3. The van der Waals surface area contributed by atoms with E-state index < -0.39 is 17.2 Å². The summed E-state index contributed by atoms with van der Waals surface area (Å²) in [5.74, 6) is 0.446. The lowest BCUT2D eigenvalue weighted by atomic mass is 9.86. The van der Waals surface area contributed by atoms with Gasteiger partial charge < -0.3 is 19.5 Å². The standard InChI is InChI=1S/C33H34N6O3/c1-32(2,3)42-31(41)36-33(4,5)26-12-14-38(30(26)40)25-10-11-27-24(16-25)20-37-19-23(22-8-6-21(18-34)7-9-22)17-28(37)29-35-13-15-39(27)29/h6-11,13,15-17,19,26H,12,14,20H2,1-5H3,(H,36,41). The number of anilines is 1. The van der Waals surface area contributed by atoms with Crippen LogP contribution in [0.2, 0.25) is 0 Å². The molecule has 2 aromatic heterocycles. The first kappa shape index (κ1) is 27.3. The molecule has 1 N–H and O–H groups in total. The van der Waals surface area contributed by atoms with E-state index in [0.717, 1.165) is 39.6 Å². The van der Waals surface area contributed by atoms with Gasteiger partial charge in [0.1, 0.15) is 5.60 Å². The molecule has 9 nitrogen and oxygen atoms in total. The number of nitrogens with one attached hydrogen (secondary N) is 1. The smallest absolute Gasteiger partial charge is 0.408 e. The maximum absolute atomic E-state index is 13.7. The van der Waals surface area contributed by atoms with Crippen molar-refractivity contribution in [2.75, 3.05) is 11.4 Å². The molecule has 1 fully saturated rings. The molecule has 0 radical (unpaired) electrons. The molecule has 0 aliphatic carbocycles. The van der Waals surface area contributed by atoms with Crippen molar-refractivity contribution in [1.29, 1.82) is 5.26 Å². The molecule has 4 aromatic rings. The van der Waals surface area contributed by atoms with Crippen LogP contribution < -0.4 is 10.2 Å². The van der Waals surface area contributed by atoms with E-state index in [9.17, 15) is 14.9 Å². The third kappa shape index (κ3) is 4.94. The van der Waals surface area contributed by atoms with Gasteiger partial charge in [0, 0.05) is 48.5 Å². The molecule has 0 spiro atoms. The second kappa shape index (κ2) is 9.91. The molecule has 214 valence electrons. The van der Waals surface area contributed by atoms with E-state index in [-0.39, 0.29) is 11.8 Å². The van der Waals surface area contributed by atoms with Crippen molar-refractivity contribution < 1.29 is 14.3 Å². The molecule has 9 heteroatoms. The number of ether oxygens (including phenoxy) is 1. The fraction of sp³-hybridized carbons (Fsp3) is 0.333. The number of carbonyl (C=O) groups excluding carboxylic acids is 2. The third-order valence-electron chi connectivity index (χ3n) is 7.99. The number of aromatic nitrogens is 3. The first-order valence-corrected chi connectivity index (χ1v) is 14.1. The van der Waals surface area contributed by atoms with E-state index >= 15 is 0 Å². The van der Waals surface area contributed by atoms with Crippen LogP contribution in [0.15, 0.2) is 67.1 Å². The fourth-order valence-corrected chi connectivity index (χ4v) is 5.96. The Morgan fingerprint density at radius 1 is 1.07 bits per heavy atom. The number of nitriles is 1. The molecule has 1 saturated heterocycles. The van der Waals surface area contributed by atoms with Crippen molar-refractivity contribution in [3.8, 4) is 34.4 Å². The van der Waals surface area contributed by atoms with Crippen molar-refractivity contribution in [3.05, 3.63) is 78.2 Å². The van der Waals surface area contributed by atoms with Crippen LogP contribution in [-0.4, -0.2) is 43.8 Å². The van der Waals surface area contributed by atoms with Crippen LogP contribution in [0.4, 0.5) is 10.5 Å². The lowest BCUT2D eigenvalue weighted by Crippen LogP contribution is -2.52. The summed E-state index contributed by atoms with van der Waals surface area (Å²) in [5, 5.41) is 12.1. The van der Waals surface area contributed by atoms with Crippen LogP contribution >= 0.6 is 0 Å². The van der Waals surface area contributed by atoms with Crippen LogP contribution in [0.5, 0.6) is 0 Å². The average molecular weight is 563 g/mol. The molecule has 2 aliphatic rings. The van der Waals surface area contributed by atoms with Crippen molar-refractivity contribution >= 4 is 17.7 Å². The highest BCUT2D eigenvalue weighted by Gasteiger charge is 2.44. The second-order valence-electron chi connectivity index (χ2n) is 12.5. The number of hydrogen-bond acceptors (Lipinski definition) is 5. The Balaban J connectivity index is 1.28. The quantitative estimate of drug-likeness (QED) is 0.294. The van der Waals surface area contributed by atoms with E-state index in [1.165, 1.54) is 0 Å². The summed E-state index contributed by atoms with van der Waals surface area (Å²) < 4.78 is 9.72. The molecular weight excluding hydrogens is 528 g/mol. The van der Waals surface area contributed by atoms with Gasteiger partial charge in [0.2, 0.25) is 5.91 Å². The van der Waals surface area contributed by atoms with E-state index in [2.05, 4.69) is 49.9 Å². The lowest BCUT2D eigenvalue weighted by Gasteiger charge is -2.32. The highest BCUT2D eigenvalue weighted by molar-refractivity contribution is 5.98. The molecule has 2 amide bonds. The maximum atomic E-state index is 13.7. The zero-order chi connectivity index (χ0) is 29.8. The molecule has 1 atom stereocenters. The molecule has 6 rings (SSSR count). The minimum absolute atomic E-state index is 0.0160. The maximum Gasteiger partial charge on any atom is 0.408 e. The summed E-state index contributed by atoms with van der Waals surface area (Å²) in [4.78, 5) is 32.7. The lowest BCUT2D eigenvalue weighted by molar-refractivity contribution is -0.122. The van der Waals surface area contributed by atoms with Gasteiger partial charge in [-0.15, -0.1) is 0 Å². The van der Waals surface area contributed by atoms with Gasteiger partial charge in [-0.25, -0.2) is 9.78 Å². The highest BCUT2D eigenvalue weighted by Crippen LogP contribution is 2.37. The summed E-state index contributed by atoms with van der Waals surface area (Å²) >= 11 is 0. The van der Waals surface area contributed by atoms with Crippen molar-refractivity contribution in [3.63, 3.8) is 0 Å². The minimum atomic E-state index is -0.770. The van der Waals surface area contributed by atoms with Crippen LogP contribution in [0.25, 0.3) is 28.3 Å². The van der Waals surface area contributed by atoms with Gasteiger partial charge in [0.05, 0.1) is 28.9 Å². The molecule has 42 heavy (non-hydrogen) atoms. The largest absolute Gasteiger partial charge is 0.444 e. The Hall–Kier alpha value is -4.84. The topological polar surface area (TPSA) is 105 Å². The number of benzene rings is 2. The third-order valence-corrected chi connectivity index (χ3v) is 7.99. The Kier molecular flexibility index (Phi) is 6.45. The number of carbonyl (C=O) groups is 2. The van der Waals surface area contributed by atoms with E-state index in [4.69, 9.17) is 4.74 Å². The predicted octanol–water partition coefficient (Wildman–Crippen LogP) is 5.90. The Morgan fingerprint density at radius 3 is 2.55 bits per heavy atom. The zero-order valence-corrected chi connectivity index (χ0v) is 24.5. The summed E-state index contributed by atoms with van der Waals surface area (Å²) in [6, 6.07) is 18.0. The number of hydrogen-bond donors (Lipinski definition) is 1. The highest BCUT2D eigenvalue weighted by atomic mass is 16.6. The summed E-state index contributed by atoms with van der Waals surface area (Å²) in [7, 11) is 0. The second-order valence-corrected chi connectivity index (χ2v) is 12.5. The van der Waals surface area contributed by atoms with Crippen LogP contribution in [0.1, 0.15) is 52.2 Å². The molecule has 2 aromatic carbocycles. The predicted molar refractivity (Wildman–Crippen MR) is 160 cm³/mol. The van der Waals surface area contributed by atoms with Gasteiger partial charge in [-0.3, -0.25) is 9.36 Å². The molecule has 1 unspecified atom stereocenters. The van der Waals surface area contributed by atoms with E-state index in [1.54, 1.807) is 6.20 Å². The zero-order valence-electron chi connectivity index (χ0n) is 24.5. The number of imidazole rings is 1. The van der Waals surface area contributed by atoms with Crippen molar-refractivity contribution in [2.45, 2.75) is 58.7 Å². The first-order chi connectivity index (χ1) is 19.9. The van der Waals surface area contributed by atoms with Gasteiger partial charge in [-0.2, -0.15) is 5.26 Å². The van der Waals surface area contributed by atoms with Gasteiger partial charge in [-0.05, 0) is 88.6 Å². The SMILES string of the molecule is CC(C)(C)OC(=O)NC(C)(C)C1CCN(c2ccc3c(c2)Cn2cc(-c4ccc(C#N)cc4)cc2-c2nccn2-3)C1=O. The fourth-order valence-electron chi connectivity index (χ4n) is 5.96. The monoisotopic (exact) mass is 562 g/mol. The molecule has 0 bridgehead atoms. The first-order valence-electron chi connectivity index (χ1n) is 14.1. The number of alkyl carbamates (subject to hydrolysis) is 1. The van der Waals surface area contributed by atoms with E-state index in [0.29, 0.717) is 25.1 Å². The Labute approximate surface area is 245 Å². The van der Waals surface area contributed by atoms with Crippen LogP contribution in [0, 0.1) is 17.2 Å². The van der Waals surface area contributed by atoms with Gasteiger partial charge in [-0.1, -0.05) is 12.1 Å². The summed E-state index contributed by atoms with van der Waals surface area (Å²) in [6.45, 7) is 10.4. The van der Waals surface area contributed by atoms with E-state index in [1.807, 2.05) is 76.0 Å². The van der Waals surface area contributed by atoms with Gasteiger partial charge in [0.25, 0.3) is 0 Å². The van der Waals surface area contributed by atoms with Crippen molar-refractivity contribution in [1.82, 2.24) is 19.4 Å². The number of rotatable bonds is 4. The molecule has 0 saturated carbocycles.